The van der Waals surface area contributed by atoms with Gasteiger partial charge in [0.25, 0.3) is 5.91 Å². The molecule has 3 amide bonds. The summed E-state index contributed by atoms with van der Waals surface area (Å²) in [6, 6.07) is 5.69. The van der Waals surface area contributed by atoms with Crippen molar-refractivity contribution in [3.05, 3.63) is 52.6 Å². The molecule has 0 saturated carbocycles. The normalized spacial score (nSPS) is 11.9. The first-order valence-corrected chi connectivity index (χ1v) is 9.94. The van der Waals surface area contributed by atoms with Crippen LogP contribution >= 0.6 is 11.6 Å². The molecule has 0 spiro atoms. The van der Waals surface area contributed by atoms with E-state index in [0.29, 0.717) is 19.1 Å². The van der Waals surface area contributed by atoms with Crippen molar-refractivity contribution in [2.75, 3.05) is 24.2 Å². The van der Waals surface area contributed by atoms with Gasteiger partial charge in [0.15, 0.2) is 6.10 Å². The molecule has 2 aromatic rings. The lowest BCUT2D eigenvalue weighted by Gasteiger charge is -2.22. The van der Waals surface area contributed by atoms with Gasteiger partial charge in [0, 0.05) is 19.7 Å². The third-order valence-electron chi connectivity index (χ3n) is 4.43. The molecule has 182 valence electrons. The minimum Gasteiger partial charge on any atom is -0.480 e. The lowest BCUT2D eigenvalue weighted by Crippen LogP contribution is -2.33. The molecule has 1 unspecified atom stereocenters. The molecule has 1 atom stereocenters. The number of alkyl halides is 3. The minimum atomic E-state index is -4.84. The maximum atomic E-state index is 14.7. The molecule has 13 heteroatoms. The molecule has 0 heterocycles. The number of hydrogen-bond acceptors (Lipinski definition) is 4. The quantitative estimate of drug-likeness (QED) is 0.481. The fraction of sp³-hybridized carbons (Fsp3) is 0.286. The summed E-state index contributed by atoms with van der Waals surface area (Å²) in [6.45, 7) is 0.662. The highest BCUT2D eigenvalue weighted by molar-refractivity contribution is 6.34. The Balaban J connectivity index is 2.44. The number of hydrogen-bond donors (Lipinski definition) is 2. The van der Waals surface area contributed by atoms with E-state index in [4.69, 9.17) is 21.6 Å². The molecule has 0 aliphatic carbocycles. The second-order valence-electron chi connectivity index (χ2n) is 6.94. The van der Waals surface area contributed by atoms with E-state index >= 15 is 0 Å². The van der Waals surface area contributed by atoms with Crippen LogP contribution in [0.2, 0.25) is 5.02 Å². The zero-order valence-electron chi connectivity index (χ0n) is 17.8. The molecule has 2 rings (SSSR count). The van der Waals surface area contributed by atoms with Crippen LogP contribution in [0.1, 0.15) is 23.7 Å². The van der Waals surface area contributed by atoms with Crippen LogP contribution in [0.4, 0.5) is 38.1 Å². The Bertz CT molecular complexity index is 1100. The number of amides is 3. The van der Waals surface area contributed by atoms with Crippen molar-refractivity contribution in [1.82, 2.24) is 4.90 Å². The maximum Gasteiger partial charge on any atom is 0.425 e. The number of para-hydroxylation sites is 1. The number of nitrogens with one attached hydrogen (secondary N) is 2. The number of ether oxygens (including phenoxy) is 1. The summed E-state index contributed by atoms with van der Waals surface area (Å²) < 4.78 is 72.8. The number of halogens is 6. The average Bonchev–Trinajstić information content (AvgIpc) is 2.75. The highest BCUT2D eigenvalue weighted by Gasteiger charge is 2.39. The number of carbonyl (C=O) groups excluding carboxylic acids is 2. The van der Waals surface area contributed by atoms with Crippen LogP contribution < -0.4 is 15.4 Å². The van der Waals surface area contributed by atoms with E-state index in [2.05, 4.69) is 10.6 Å². The largest absolute Gasteiger partial charge is 0.480 e. The molecular weight excluding hydrogens is 487 g/mol. The second-order valence-corrected chi connectivity index (χ2v) is 7.35. The topological polar surface area (TPSA) is 94.5 Å². The first-order valence-electron chi connectivity index (χ1n) is 9.56. The van der Waals surface area contributed by atoms with Crippen LogP contribution in [-0.2, 0) is 0 Å². The summed E-state index contributed by atoms with van der Waals surface area (Å²) in [5, 5.41) is 12.6. The van der Waals surface area contributed by atoms with Crippen LogP contribution in [0.5, 0.6) is 5.75 Å². The Hall–Kier alpha value is -3.59. The number of nitriles is 1. The highest BCUT2D eigenvalue weighted by Crippen LogP contribution is 2.33. The van der Waals surface area contributed by atoms with Crippen molar-refractivity contribution in [2.45, 2.75) is 25.6 Å². The molecule has 0 aliphatic rings. The third kappa shape index (κ3) is 6.71. The van der Waals surface area contributed by atoms with Crippen molar-refractivity contribution in [2.24, 2.45) is 0 Å². The molecule has 0 aliphatic heterocycles. The standard InChI is InChI=1S/C21H18ClF5N4O3/c1-11(21(25,26)27)34-17-10-16(29-20(33)31(2)8-4-7-28)15(24)9-12(17)19(32)30-18-13(22)5-3-6-14(18)23/h3,5-6,9-11H,4,8H2,1-2H3,(H,29,33)(H,30,32). The SMILES string of the molecule is CC(Oc1cc(NC(=O)N(C)CCC#N)c(F)cc1C(=O)Nc1c(F)cccc1Cl)C(F)(F)F. The number of nitrogens with zero attached hydrogens (tertiary/aromatic N) is 2. The molecule has 34 heavy (non-hydrogen) atoms. The van der Waals surface area contributed by atoms with E-state index in [-0.39, 0.29) is 18.0 Å². The van der Waals surface area contributed by atoms with Crippen molar-refractivity contribution >= 4 is 34.9 Å². The number of benzene rings is 2. The van der Waals surface area contributed by atoms with Crippen molar-refractivity contribution in [1.29, 1.82) is 5.26 Å². The molecule has 0 radical (unpaired) electrons. The lowest BCUT2D eigenvalue weighted by molar-refractivity contribution is -0.189. The van der Waals surface area contributed by atoms with Crippen molar-refractivity contribution in [3.63, 3.8) is 0 Å². The van der Waals surface area contributed by atoms with E-state index in [1.54, 1.807) is 0 Å². The Morgan fingerprint density at radius 3 is 2.47 bits per heavy atom. The maximum absolute atomic E-state index is 14.7. The van der Waals surface area contributed by atoms with Crippen molar-refractivity contribution < 1.29 is 36.3 Å². The van der Waals surface area contributed by atoms with Crippen LogP contribution in [-0.4, -0.2) is 42.7 Å². The van der Waals surface area contributed by atoms with Gasteiger partial charge in [-0.15, -0.1) is 0 Å². The molecule has 0 aromatic heterocycles. The predicted molar refractivity (Wildman–Crippen MR) is 114 cm³/mol. The Morgan fingerprint density at radius 1 is 1.21 bits per heavy atom. The van der Waals surface area contributed by atoms with Gasteiger partial charge in [-0.1, -0.05) is 17.7 Å². The average molecular weight is 505 g/mol. The van der Waals surface area contributed by atoms with Gasteiger partial charge in [-0.3, -0.25) is 4.79 Å². The number of urea groups is 1. The van der Waals surface area contributed by atoms with Crippen LogP contribution in [0.25, 0.3) is 0 Å². The van der Waals surface area contributed by atoms with Crippen LogP contribution in [0, 0.1) is 23.0 Å². The third-order valence-corrected chi connectivity index (χ3v) is 4.74. The van der Waals surface area contributed by atoms with Gasteiger partial charge in [0.2, 0.25) is 0 Å². The fourth-order valence-corrected chi connectivity index (χ4v) is 2.72. The number of anilines is 2. The molecule has 7 nitrogen and oxygen atoms in total. The number of carbonyl (C=O) groups is 2. The van der Waals surface area contributed by atoms with E-state index in [9.17, 15) is 31.5 Å². The monoisotopic (exact) mass is 504 g/mol. The zero-order chi connectivity index (χ0) is 25.6. The Morgan fingerprint density at radius 2 is 1.88 bits per heavy atom. The smallest absolute Gasteiger partial charge is 0.425 e. The summed E-state index contributed by atoms with van der Waals surface area (Å²) in [5.41, 5.74) is -1.76. The lowest BCUT2D eigenvalue weighted by atomic mass is 10.1. The molecular formula is C21H18ClF5N4O3. The summed E-state index contributed by atoms with van der Waals surface area (Å²) in [7, 11) is 1.31. The van der Waals surface area contributed by atoms with E-state index in [1.807, 2.05) is 6.07 Å². The molecule has 0 bridgehead atoms. The summed E-state index contributed by atoms with van der Waals surface area (Å²) in [5.74, 6) is -4.05. The summed E-state index contributed by atoms with van der Waals surface area (Å²) in [6.07, 6.45) is -7.26. The van der Waals surface area contributed by atoms with Crippen LogP contribution in [0.15, 0.2) is 30.3 Å². The van der Waals surface area contributed by atoms with E-state index in [1.165, 1.54) is 19.2 Å². The second kappa shape index (κ2) is 11.0. The predicted octanol–water partition coefficient (Wildman–Crippen LogP) is 5.58. The van der Waals surface area contributed by atoms with Crippen molar-refractivity contribution in [3.8, 4) is 11.8 Å². The minimum absolute atomic E-state index is 0.00229. The first-order chi connectivity index (χ1) is 15.8. The molecule has 0 fully saturated rings. The van der Waals surface area contributed by atoms with E-state index < -0.39 is 58.5 Å². The zero-order valence-corrected chi connectivity index (χ0v) is 18.5. The van der Waals surface area contributed by atoms with Gasteiger partial charge in [0.05, 0.1) is 34.5 Å². The molecule has 2 N–H and O–H groups in total. The molecule has 0 saturated heterocycles. The number of rotatable bonds is 7. The van der Waals surface area contributed by atoms with Gasteiger partial charge in [0.1, 0.15) is 17.4 Å². The molecule has 2 aromatic carbocycles. The fourth-order valence-electron chi connectivity index (χ4n) is 2.51. The first kappa shape index (κ1) is 26.7. The van der Waals surface area contributed by atoms with Gasteiger partial charge in [-0.2, -0.15) is 18.4 Å². The Kier molecular flexibility index (Phi) is 8.64. The Labute approximate surface area is 196 Å². The van der Waals surface area contributed by atoms with E-state index in [0.717, 1.165) is 11.0 Å². The van der Waals surface area contributed by atoms with Gasteiger partial charge >= 0.3 is 12.2 Å². The summed E-state index contributed by atoms with van der Waals surface area (Å²) >= 11 is 5.84. The van der Waals surface area contributed by atoms with Gasteiger partial charge in [-0.05, 0) is 25.1 Å². The van der Waals surface area contributed by atoms with Crippen LogP contribution in [0.3, 0.4) is 0 Å². The highest BCUT2D eigenvalue weighted by atomic mass is 35.5. The summed E-state index contributed by atoms with van der Waals surface area (Å²) in [4.78, 5) is 25.9. The van der Waals surface area contributed by atoms with Gasteiger partial charge < -0.3 is 20.3 Å². The van der Waals surface area contributed by atoms with Gasteiger partial charge in [-0.25, -0.2) is 13.6 Å².